The Hall–Kier alpha value is -5.62. The molecular formula is C50H42O3S2. The van der Waals surface area contributed by atoms with Gasteiger partial charge in [0, 0.05) is 32.9 Å². The van der Waals surface area contributed by atoms with E-state index in [1.807, 2.05) is 53.9 Å². The van der Waals surface area contributed by atoms with Gasteiger partial charge in [0.25, 0.3) is 0 Å². The Kier molecular flexibility index (Phi) is 11.5. The molecule has 0 fully saturated rings. The lowest BCUT2D eigenvalue weighted by Gasteiger charge is -2.25. The number of aryl methyl sites for hydroxylation is 4. The Labute approximate surface area is 332 Å². The van der Waals surface area contributed by atoms with Gasteiger partial charge in [0.1, 0.15) is 6.29 Å². The molecule has 5 heteroatoms. The summed E-state index contributed by atoms with van der Waals surface area (Å²) >= 11 is 3.77. The van der Waals surface area contributed by atoms with E-state index in [-0.39, 0.29) is 0 Å². The summed E-state index contributed by atoms with van der Waals surface area (Å²) in [7, 11) is 0. The first-order chi connectivity index (χ1) is 26.7. The molecule has 55 heavy (non-hydrogen) atoms. The monoisotopic (exact) mass is 754 g/mol. The molecule has 0 bridgehead atoms. The van der Waals surface area contributed by atoms with Crippen molar-refractivity contribution in [2.24, 2.45) is 0 Å². The van der Waals surface area contributed by atoms with E-state index >= 15 is 0 Å². The number of fused-ring (bicyclic) bond motifs is 2. The van der Waals surface area contributed by atoms with Crippen molar-refractivity contribution in [3.63, 3.8) is 0 Å². The molecule has 6 aromatic rings. The molecule has 2 heterocycles. The molecule has 8 rings (SSSR count). The number of benzene rings is 6. The van der Waals surface area contributed by atoms with Crippen LogP contribution in [0.25, 0.3) is 28.4 Å². The lowest BCUT2D eigenvalue weighted by molar-refractivity contribution is -0.131. The van der Waals surface area contributed by atoms with Gasteiger partial charge in [-0.25, -0.2) is 4.79 Å². The first kappa shape index (κ1) is 37.7. The SMILES string of the molecule is Cc1ccc(C2=C(c3cccc(/C=C/C(=O)O)c3)c3ccc(C)cc3SC2)cc1.Cc1ccc(C2=C(c3cccc(C=O)c3)c3ccc(C)cc3SC2)cc1. The summed E-state index contributed by atoms with van der Waals surface area (Å²) in [6, 6.07) is 46.7. The van der Waals surface area contributed by atoms with Crippen molar-refractivity contribution in [1.82, 2.24) is 0 Å². The number of thioether (sulfide) groups is 2. The van der Waals surface area contributed by atoms with Crippen molar-refractivity contribution in [3.05, 3.63) is 206 Å². The summed E-state index contributed by atoms with van der Waals surface area (Å²) in [6.07, 6.45) is 3.75. The van der Waals surface area contributed by atoms with Crippen LogP contribution in [-0.2, 0) is 4.79 Å². The Morgan fingerprint density at radius 3 is 1.42 bits per heavy atom. The third kappa shape index (κ3) is 8.70. The van der Waals surface area contributed by atoms with E-state index in [0.717, 1.165) is 34.5 Å². The molecule has 6 aromatic carbocycles. The van der Waals surface area contributed by atoms with Crippen molar-refractivity contribution in [2.75, 3.05) is 11.5 Å². The first-order valence-corrected chi connectivity index (χ1v) is 20.3. The normalized spacial score (nSPS) is 13.5. The van der Waals surface area contributed by atoms with E-state index in [1.54, 1.807) is 6.08 Å². The topological polar surface area (TPSA) is 54.4 Å². The maximum atomic E-state index is 11.3. The molecule has 0 atom stereocenters. The van der Waals surface area contributed by atoms with Gasteiger partial charge in [-0.3, -0.25) is 4.79 Å². The molecule has 0 amide bonds. The summed E-state index contributed by atoms with van der Waals surface area (Å²) in [6.45, 7) is 8.47. The molecule has 3 nitrogen and oxygen atoms in total. The molecule has 0 saturated heterocycles. The van der Waals surface area contributed by atoms with E-state index in [0.29, 0.717) is 5.56 Å². The number of hydrogen-bond donors (Lipinski definition) is 1. The number of hydrogen-bond acceptors (Lipinski definition) is 4. The molecule has 0 radical (unpaired) electrons. The van der Waals surface area contributed by atoms with Crippen LogP contribution in [0.3, 0.4) is 0 Å². The minimum absolute atomic E-state index is 0.713. The zero-order chi connectivity index (χ0) is 38.5. The molecule has 272 valence electrons. The Morgan fingerprint density at radius 1 is 0.527 bits per heavy atom. The second-order valence-electron chi connectivity index (χ2n) is 14.1. The molecule has 2 aliphatic rings. The highest BCUT2D eigenvalue weighted by molar-refractivity contribution is 8.00. The van der Waals surface area contributed by atoms with E-state index in [2.05, 4.69) is 131 Å². The Balaban J connectivity index is 0.000000170. The van der Waals surface area contributed by atoms with Gasteiger partial charge >= 0.3 is 5.97 Å². The molecule has 1 N–H and O–H groups in total. The molecule has 0 unspecified atom stereocenters. The minimum Gasteiger partial charge on any atom is -0.478 e. The average Bonchev–Trinajstić information content (AvgIpc) is 3.20. The van der Waals surface area contributed by atoms with Gasteiger partial charge in [0.2, 0.25) is 0 Å². The van der Waals surface area contributed by atoms with Gasteiger partial charge in [0.05, 0.1) is 0 Å². The molecule has 0 spiro atoms. The molecular weight excluding hydrogens is 713 g/mol. The Morgan fingerprint density at radius 2 is 0.964 bits per heavy atom. The summed E-state index contributed by atoms with van der Waals surface area (Å²) in [5, 5.41) is 8.96. The fourth-order valence-corrected chi connectivity index (χ4v) is 9.45. The van der Waals surface area contributed by atoms with E-state index < -0.39 is 5.97 Å². The van der Waals surface area contributed by atoms with Gasteiger partial charge in [-0.15, -0.1) is 23.5 Å². The standard InChI is InChI=1S/C26H22O2S.C24H20OS/c1-17-6-10-20(11-7-17)23-16-29-24-14-18(2)8-12-22(24)26(23)21-5-3-4-19(15-21)9-13-25(27)28;1-16-6-9-19(10-7-16)22-15-26-23-12-17(2)8-11-21(23)24(22)20-5-3-4-18(13-20)14-25/h3-15H,16H2,1-2H3,(H,27,28);3-14H,15H2,1-2H3/b13-9+;. The van der Waals surface area contributed by atoms with Crippen molar-refractivity contribution >= 4 is 64.1 Å². The third-order valence-corrected chi connectivity index (χ3v) is 12.0. The summed E-state index contributed by atoms with van der Waals surface area (Å²) in [5.74, 6) is 0.898. The van der Waals surface area contributed by atoms with Crippen LogP contribution in [0.1, 0.15) is 71.6 Å². The second kappa shape index (κ2) is 16.8. The average molecular weight is 755 g/mol. The summed E-state index contributed by atoms with van der Waals surface area (Å²) < 4.78 is 0. The fraction of sp³-hybridized carbons (Fsp3) is 0.120. The van der Waals surface area contributed by atoms with Crippen molar-refractivity contribution < 1.29 is 14.7 Å². The number of aldehydes is 1. The summed E-state index contributed by atoms with van der Waals surface area (Å²) in [5.41, 5.74) is 18.9. The van der Waals surface area contributed by atoms with Crippen LogP contribution < -0.4 is 0 Å². The predicted molar refractivity (Wildman–Crippen MR) is 233 cm³/mol. The highest BCUT2D eigenvalue weighted by atomic mass is 32.2. The van der Waals surface area contributed by atoms with Crippen LogP contribution in [0.4, 0.5) is 0 Å². The van der Waals surface area contributed by atoms with Gasteiger partial charge < -0.3 is 5.11 Å². The third-order valence-electron chi connectivity index (χ3n) is 9.87. The van der Waals surface area contributed by atoms with E-state index in [9.17, 15) is 9.59 Å². The zero-order valence-electron chi connectivity index (χ0n) is 31.4. The number of carbonyl (C=O) groups excluding carboxylic acids is 1. The van der Waals surface area contributed by atoms with Gasteiger partial charge in [-0.2, -0.15) is 0 Å². The van der Waals surface area contributed by atoms with Gasteiger partial charge in [0.15, 0.2) is 0 Å². The van der Waals surface area contributed by atoms with Crippen LogP contribution in [0.5, 0.6) is 0 Å². The van der Waals surface area contributed by atoms with Gasteiger partial charge in [-0.05, 0) is 130 Å². The van der Waals surface area contributed by atoms with Crippen molar-refractivity contribution in [1.29, 1.82) is 0 Å². The Bertz CT molecular complexity index is 2500. The summed E-state index contributed by atoms with van der Waals surface area (Å²) in [4.78, 5) is 24.8. The minimum atomic E-state index is -0.940. The van der Waals surface area contributed by atoms with Crippen LogP contribution >= 0.6 is 23.5 Å². The maximum Gasteiger partial charge on any atom is 0.328 e. The molecule has 2 aliphatic heterocycles. The maximum absolute atomic E-state index is 11.3. The smallest absolute Gasteiger partial charge is 0.328 e. The quantitative estimate of drug-likeness (QED) is 0.130. The zero-order valence-corrected chi connectivity index (χ0v) is 33.1. The van der Waals surface area contributed by atoms with Crippen molar-refractivity contribution in [3.8, 4) is 0 Å². The highest BCUT2D eigenvalue weighted by Gasteiger charge is 2.24. The lowest BCUT2D eigenvalue weighted by Crippen LogP contribution is -2.04. The van der Waals surface area contributed by atoms with E-state index in [4.69, 9.17) is 5.11 Å². The van der Waals surface area contributed by atoms with Crippen LogP contribution in [0.15, 0.2) is 149 Å². The number of rotatable bonds is 7. The first-order valence-electron chi connectivity index (χ1n) is 18.3. The van der Waals surface area contributed by atoms with Crippen LogP contribution in [-0.4, -0.2) is 28.9 Å². The van der Waals surface area contributed by atoms with Crippen LogP contribution in [0.2, 0.25) is 0 Å². The number of aliphatic carboxylic acids is 1. The lowest BCUT2D eigenvalue weighted by atomic mass is 9.88. The van der Waals surface area contributed by atoms with Crippen molar-refractivity contribution in [2.45, 2.75) is 37.5 Å². The largest absolute Gasteiger partial charge is 0.478 e. The van der Waals surface area contributed by atoms with Gasteiger partial charge in [-0.1, -0.05) is 120 Å². The number of carbonyl (C=O) groups is 2. The second-order valence-corrected chi connectivity index (χ2v) is 16.1. The number of carboxylic acids is 1. The van der Waals surface area contributed by atoms with Crippen LogP contribution in [0, 0.1) is 27.7 Å². The molecule has 0 aromatic heterocycles. The fourth-order valence-electron chi connectivity index (χ4n) is 7.04. The number of carboxylic acid groups (broad SMARTS) is 1. The highest BCUT2D eigenvalue weighted by Crippen LogP contribution is 2.46. The molecule has 0 aliphatic carbocycles. The molecule has 0 saturated carbocycles. The predicted octanol–water partition coefficient (Wildman–Crippen LogP) is 12.6. The van der Waals surface area contributed by atoms with E-state index in [1.165, 1.54) is 82.7 Å².